The van der Waals surface area contributed by atoms with Gasteiger partial charge in [0.1, 0.15) is 35.7 Å². The van der Waals surface area contributed by atoms with Gasteiger partial charge in [-0.05, 0) is 29.3 Å². The molecule has 7 heteroatoms. The fourth-order valence-electron chi connectivity index (χ4n) is 4.10. The van der Waals surface area contributed by atoms with Crippen molar-refractivity contribution in [3.63, 3.8) is 0 Å². The molecule has 1 aromatic heterocycles. The standard InChI is InChI=1S/C31H26O7/c1-34-23-16-26(37-19-21-11-7-4-8-12-21)28-27(17-23)38-30(31(35-2)29(28)33)22-13-14-25(24(32)15-22)36-18-20-9-5-3-6-10-20/h3-17,32H,18-19H2,1-2H3. The maximum atomic E-state index is 13.6. The molecule has 0 saturated heterocycles. The third-order valence-corrected chi connectivity index (χ3v) is 6.03. The highest BCUT2D eigenvalue weighted by molar-refractivity contribution is 5.88. The molecule has 1 heterocycles. The molecule has 0 aliphatic carbocycles. The zero-order chi connectivity index (χ0) is 26.5. The Morgan fingerprint density at radius 1 is 0.737 bits per heavy atom. The summed E-state index contributed by atoms with van der Waals surface area (Å²) in [5.74, 6) is 1.14. The van der Waals surface area contributed by atoms with Crippen LogP contribution in [0, 0.1) is 0 Å². The van der Waals surface area contributed by atoms with Crippen LogP contribution in [0.1, 0.15) is 11.1 Å². The van der Waals surface area contributed by atoms with Gasteiger partial charge in [0, 0.05) is 17.7 Å². The summed E-state index contributed by atoms with van der Waals surface area (Å²) in [7, 11) is 2.92. The van der Waals surface area contributed by atoms with Crippen molar-refractivity contribution in [1.29, 1.82) is 0 Å². The molecule has 0 radical (unpaired) electrons. The van der Waals surface area contributed by atoms with E-state index in [2.05, 4.69) is 0 Å². The number of methoxy groups -OCH3 is 2. The summed E-state index contributed by atoms with van der Waals surface area (Å²) in [5.41, 5.74) is 2.22. The third-order valence-electron chi connectivity index (χ3n) is 6.03. The van der Waals surface area contributed by atoms with Gasteiger partial charge in [-0.3, -0.25) is 4.79 Å². The van der Waals surface area contributed by atoms with E-state index in [1.807, 2.05) is 60.7 Å². The Hall–Kier alpha value is -4.91. The van der Waals surface area contributed by atoms with E-state index in [0.717, 1.165) is 11.1 Å². The van der Waals surface area contributed by atoms with Gasteiger partial charge in [-0.1, -0.05) is 60.7 Å². The van der Waals surface area contributed by atoms with Crippen LogP contribution in [0.15, 0.2) is 100 Å². The Balaban J connectivity index is 1.52. The molecule has 0 spiro atoms. The van der Waals surface area contributed by atoms with Gasteiger partial charge in [0.25, 0.3) is 0 Å². The average Bonchev–Trinajstić information content (AvgIpc) is 2.96. The summed E-state index contributed by atoms with van der Waals surface area (Å²) in [5, 5.41) is 10.9. The topological polar surface area (TPSA) is 87.4 Å². The summed E-state index contributed by atoms with van der Waals surface area (Å²) in [6.45, 7) is 0.554. The van der Waals surface area contributed by atoms with Crippen LogP contribution in [0.5, 0.6) is 28.7 Å². The van der Waals surface area contributed by atoms with E-state index < -0.39 is 5.43 Å². The molecule has 38 heavy (non-hydrogen) atoms. The molecule has 0 fully saturated rings. The zero-order valence-corrected chi connectivity index (χ0v) is 21.0. The first-order valence-corrected chi connectivity index (χ1v) is 12.0. The molecule has 0 unspecified atom stereocenters. The quantitative estimate of drug-likeness (QED) is 0.248. The first-order chi connectivity index (χ1) is 18.6. The van der Waals surface area contributed by atoms with E-state index >= 15 is 0 Å². The first kappa shape index (κ1) is 24.8. The molecule has 192 valence electrons. The Kier molecular flexibility index (Phi) is 7.17. The number of hydrogen-bond acceptors (Lipinski definition) is 7. The molecular formula is C31H26O7. The Morgan fingerprint density at radius 2 is 1.37 bits per heavy atom. The summed E-state index contributed by atoms with van der Waals surface area (Å²) in [4.78, 5) is 13.6. The molecule has 0 amide bonds. The number of fused-ring (bicyclic) bond motifs is 1. The Bertz CT molecular complexity index is 1610. The van der Waals surface area contributed by atoms with Gasteiger partial charge in [-0.15, -0.1) is 0 Å². The summed E-state index contributed by atoms with van der Waals surface area (Å²) in [6, 6.07) is 27.3. The van der Waals surface area contributed by atoms with E-state index in [1.165, 1.54) is 20.3 Å². The molecule has 5 rings (SSSR count). The van der Waals surface area contributed by atoms with E-state index in [0.29, 0.717) is 29.4 Å². The number of aromatic hydroxyl groups is 1. The van der Waals surface area contributed by atoms with Crippen LogP contribution >= 0.6 is 0 Å². The maximum Gasteiger partial charge on any atom is 0.239 e. The fourth-order valence-corrected chi connectivity index (χ4v) is 4.10. The molecule has 0 atom stereocenters. The molecule has 7 nitrogen and oxygen atoms in total. The van der Waals surface area contributed by atoms with Gasteiger partial charge < -0.3 is 28.5 Å². The molecule has 0 saturated carbocycles. The minimum Gasteiger partial charge on any atom is -0.504 e. The Morgan fingerprint density at radius 3 is 1.95 bits per heavy atom. The number of ether oxygens (including phenoxy) is 4. The molecule has 1 N–H and O–H groups in total. The van der Waals surface area contributed by atoms with E-state index in [1.54, 1.807) is 24.3 Å². The summed E-state index contributed by atoms with van der Waals surface area (Å²) >= 11 is 0. The second-order valence-electron chi connectivity index (χ2n) is 8.52. The van der Waals surface area contributed by atoms with Crippen molar-refractivity contribution in [2.45, 2.75) is 13.2 Å². The number of rotatable bonds is 9. The molecule has 0 aliphatic rings. The van der Waals surface area contributed by atoms with Crippen LogP contribution in [-0.2, 0) is 13.2 Å². The number of hydrogen-bond donors (Lipinski definition) is 1. The van der Waals surface area contributed by atoms with Crippen molar-refractivity contribution in [2.75, 3.05) is 14.2 Å². The minimum absolute atomic E-state index is 0.00965. The lowest BCUT2D eigenvalue weighted by molar-refractivity contribution is 0.289. The van der Waals surface area contributed by atoms with Crippen LogP contribution in [0.25, 0.3) is 22.3 Å². The largest absolute Gasteiger partial charge is 0.504 e. The third kappa shape index (κ3) is 5.13. The highest BCUT2D eigenvalue weighted by Crippen LogP contribution is 2.39. The van der Waals surface area contributed by atoms with Crippen molar-refractivity contribution in [2.24, 2.45) is 0 Å². The minimum atomic E-state index is -0.404. The van der Waals surface area contributed by atoms with Gasteiger partial charge in [0.2, 0.25) is 11.2 Å². The van der Waals surface area contributed by atoms with Crippen LogP contribution in [0.2, 0.25) is 0 Å². The number of phenolic OH excluding ortho intramolecular Hbond substituents is 1. The van der Waals surface area contributed by atoms with Crippen molar-refractivity contribution < 1.29 is 28.5 Å². The van der Waals surface area contributed by atoms with Gasteiger partial charge in [-0.2, -0.15) is 0 Å². The summed E-state index contributed by atoms with van der Waals surface area (Å²) in [6.07, 6.45) is 0. The maximum absolute atomic E-state index is 13.6. The molecule has 0 aliphatic heterocycles. The van der Waals surface area contributed by atoms with Crippen LogP contribution in [0.4, 0.5) is 0 Å². The van der Waals surface area contributed by atoms with Crippen LogP contribution in [0.3, 0.4) is 0 Å². The zero-order valence-electron chi connectivity index (χ0n) is 21.0. The molecular weight excluding hydrogens is 484 g/mol. The lowest BCUT2D eigenvalue weighted by Crippen LogP contribution is -2.10. The van der Waals surface area contributed by atoms with Crippen molar-refractivity contribution in [3.8, 4) is 40.1 Å². The van der Waals surface area contributed by atoms with Gasteiger partial charge >= 0.3 is 0 Å². The monoisotopic (exact) mass is 510 g/mol. The predicted molar refractivity (Wildman–Crippen MR) is 144 cm³/mol. The second kappa shape index (κ2) is 11.0. The Labute approximate surface area is 219 Å². The first-order valence-electron chi connectivity index (χ1n) is 12.0. The number of benzene rings is 4. The van der Waals surface area contributed by atoms with E-state index in [9.17, 15) is 9.90 Å². The predicted octanol–water partition coefficient (Wildman–Crippen LogP) is 6.34. The van der Waals surface area contributed by atoms with E-state index in [4.69, 9.17) is 23.4 Å². The SMILES string of the molecule is COc1cc(OCc2ccccc2)c2c(=O)c(OC)c(-c3ccc(OCc4ccccc4)c(O)c3)oc2c1. The van der Waals surface area contributed by atoms with Gasteiger partial charge in [0.05, 0.1) is 14.2 Å². The lowest BCUT2D eigenvalue weighted by atomic mass is 10.1. The van der Waals surface area contributed by atoms with Gasteiger partial charge in [0.15, 0.2) is 17.3 Å². The lowest BCUT2D eigenvalue weighted by Gasteiger charge is -2.14. The van der Waals surface area contributed by atoms with Crippen molar-refractivity contribution in [3.05, 3.63) is 112 Å². The second-order valence-corrected chi connectivity index (χ2v) is 8.52. The van der Waals surface area contributed by atoms with Crippen LogP contribution in [-0.4, -0.2) is 19.3 Å². The molecule has 5 aromatic rings. The van der Waals surface area contributed by atoms with Crippen molar-refractivity contribution in [1.82, 2.24) is 0 Å². The van der Waals surface area contributed by atoms with Crippen LogP contribution < -0.4 is 24.4 Å². The average molecular weight is 511 g/mol. The molecule has 4 aromatic carbocycles. The smallest absolute Gasteiger partial charge is 0.239 e. The molecule has 0 bridgehead atoms. The fraction of sp³-hybridized carbons (Fsp3) is 0.129. The highest BCUT2D eigenvalue weighted by atomic mass is 16.5. The normalized spacial score (nSPS) is 10.8. The van der Waals surface area contributed by atoms with Gasteiger partial charge in [-0.25, -0.2) is 0 Å². The highest BCUT2D eigenvalue weighted by Gasteiger charge is 2.22. The summed E-state index contributed by atoms with van der Waals surface area (Å²) < 4.78 is 28.9. The van der Waals surface area contributed by atoms with E-state index in [-0.39, 0.29) is 34.8 Å². The van der Waals surface area contributed by atoms with Crippen molar-refractivity contribution >= 4 is 11.0 Å². The number of phenols is 1.